The van der Waals surface area contributed by atoms with Crippen LogP contribution in [0.1, 0.15) is 55.7 Å². The van der Waals surface area contributed by atoms with Crippen molar-refractivity contribution in [1.29, 1.82) is 0 Å². The van der Waals surface area contributed by atoms with E-state index in [1.807, 2.05) is 0 Å². The van der Waals surface area contributed by atoms with Crippen LogP contribution in [0.25, 0.3) is 0 Å². The Kier molecular flexibility index (Phi) is 3.52. The van der Waals surface area contributed by atoms with Crippen LogP contribution < -0.4 is 5.73 Å². The van der Waals surface area contributed by atoms with Crippen LogP contribution in [0.2, 0.25) is 0 Å². The maximum absolute atomic E-state index is 6.68. The van der Waals surface area contributed by atoms with Gasteiger partial charge in [0.1, 0.15) is 0 Å². The molecule has 1 aromatic rings. The van der Waals surface area contributed by atoms with Gasteiger partial charge in [-0.05, 0) is 42.7 Å². The van der Waals surface area contributed by atoms with Gasteiger partial charge >= 0.3 is 0 Å². The van der Waals surface area contributed by atoms with Gasteiger partial charge in [0.2, 0.25) is 0 Å². The average Bonchev–Trinajstić information content (AvgIpc) is 2.99. The Morgan fingerprint density at radius 1 is 1.14 bits per heavy atom. The standard InChI is InChI=1S/C18H26N2O/c1-12-11-16(18(19)14-6-3-2-5-13(12)14)20-9-10-21-17-8-4-7-15(17)20/h2-3,5-6,12,15-18H,4,7-11,19H2,1H3. The fourth-order valence-electron chi connectivity index (χ4n) is 4.82. The van der Waals surface area contributed by atoms with Crippen molar-refractivity contribution in [3.8, 4) is 0 Å². The highest BCUT2D eigenvalue weighted by Crippen LogP contribution is 2.41. The molecule has 0 amide bonds. The molecule has 3 nitrogen and oxygen atoms in total. The third kappa shape index (κ3) is 2.23. The van der Waals surface area contributed by atoms with Crippen LogP contribution in [0.5, 0.6) is 0 Å². The Hall–Kier alpha value is -0.900. The van der Waals surface area contributed by atoms with Crippen LogP contribution >= 0.6 is 0 Å². The molecule has 1 aromatic carbocycles. The van der Waals surface area contributed by atoms with E-state index in [1.165, 1.54) is 36.8 Å². The lowest BCUT2D eigenvalue weighted by molar-refractivity contribution is -0.0785. The number of nitrogens with zero attached hydrogens (tertiary/aromatic N) is 1. The summed E-state index contributed by atoms with van der Waals surface area (Å²) in [7, 11) is 0. The lowest BCUT2D eigenvalue weighted by Crippen LogP contribution is -2.57. The van der Waals surface area contributed by atoms with Gasteiger partial charge in [-0.15, -0.1) is 0 Å². The monoisotopic (exact) mass is 286 g/mol. The molecule has 2 N–H and O–H groups in total. The van der Waals surface area contributed by atoms with Gasteiger partial charge in [0.05, 0.1) is 12.7 Å². The molecule has 0 bridgehead atoms. The van der Waals surface area contributed by atoms with Crippen LogP contribution in [-0.2, 0) is 4.74 Å². The van der Waals surface area contributed by atoms with Crippen molar-refractivity contribution in [2.75, 3.05) is 13.2 Å². The lowest BCUT2D eigenvalue weighted by atomic mass is 9.77. The maximum atomic E-state index is 6.68. The predicted molar refractivity (Wildman–Crippen MR) is 84.3 cm³/mol. The van der Waals surface area contributed by atoms with Crippen molar-refractivity contribution in [2.45, 2.75) is 62.8 Å². The first-order valence-electron chi connectivity index (χ1n) is 8.47. The molecule has 3 heteroatoms. The molecular formula is C18H26N2O. The van der Waals surface area contributed by atoms with Crippen LogP contribution in [0, 0.1) is 0 Å². The van der Waals surface area contributed by atoms with E-state index >= 15 is 0 Å². The van der Waals surface area contributed by atoms with Gasteiger partial charge in [0, 0.05) is 24.7 Å². The average molecular weight is 286 g/mol. The molecule has 0 aromatic heterocycles. The number of fused-ring (bicyclic) bond motifs is 2. The second-order valence-electron chi connectivity index (χ2n) is 7.00. The zero-order chi connectivity index (χ0) is 14.4. The zero-order valence-corrected chi connectivity index (χ0v) is 12.9. The molecule has 2 fully saturated rings. The van der Waals surface area contributed by atoms with E-state index in [1.54, 1.807) is 0 Å². The van der Waals surface area contributed by atoms with E-state index < -0.39 is 0 Å². The summed E-state index contributed by atoms with van der Waals surface area (Å²) >= 11 is 0. The summed E-state index contributed by atoms with van der Waals surface area (Å²) < 4.78 is 5.97. The Bertz CT molecular complexity index is 518. The molecular weight excluding hydrogens is 260 g/mol. The minimum Gasteiger partial charge on any atom is -0.375 e. The van der Waals surface area contributed by atoms with Crippen LogP contribution in [0.15, 0.2) is 24.3 Å². The smallest absolute Gasteiger partial charge is 0.0731 e. The van der Waals surface area contributed by atoms with Crippen LogP contribution in [-0.4, -0.2) is 36.2 Å². The van der Waals surface area contributed by atoms with Crippen molar-refractivity contribution < 1.29 is 4.74 Å². The molecule has 0 spiro atoms. The van der Waals surface area contributed by atoms with Crippen LogP contribution in [0.4, 0.5) is 0 Å². The molecule has 1 saturated carbocycles. The molecule has 2 aliphatic carbocycles. The molecule has 1 aliphatic heterocycles. The number of ether oxygens (including phenoxy) is 1. The number of nitrogens with two attached hydrogens (primary N) is 1. The summed E-state index contributed by atoms with van der Waals surface area (Å²) in [5.74, 6) is 0.605. The van der Waals surface area contributed by atoms with E-state index in [9.17, 15) is 0 Å². The summed E-state index contributed by atoms with van der Waals surface area (Å²) in [5.41, 5.74) is 9.50. The first-order valence-corrected chi connectivity index (χ1v) is 8.47. The predicted octanol–water partition coefficient (Wildman–Crippen LogP) is 2.82. The molecule has 1 saturated heterocycles. The molecule has 0 radical (unpaired) electrons. The first-order chi connectivity index (χ1) is 10.3. The summed E-state index contributed by atoms with van der Waals surface area (Å²) in [5, 5.41) is 0. The molecule has 114 valence electrons. The minimum atomic E-state index is 0.150. The van der Waals surface area contributed by atoms with Crippen molar-refractivity contribution in [1.82, 2.24) is 4.90 Å². The highest BCUT2D eigenvalue weighted by Gasteiger charge is 2.43. The summed E-state index contributed by atoms with van der Waals surface area (Å²) in [6.07, 6.45) is 5.46. The molecule has 5 unspecified atom stereocenters. The Labute approximate surface area is 127 Å². The topological polar surface area (TPSA) is 38.5 Å². The van der Waals surface area contributed by atoms with Crippen molar-refractivity contribution in [3.63, 3.8) is 0 Å². The molecule has 3 aliphatic rings. The summed E-state index contributed by atoms with van der Waals surface area (Å²) in [4.78, 5) is 2.69. The number of rotatable bonds is 1. The zero-order valence-electron chi connectivity index (χ0n) is 12.9. The van der Waals surface area contributed by atoms with E-state index in [4.69, 9.17) is 10.5 Å². The number of benzene rings is 1. The Morgan fingerprint density at radius 2 is 1.95 bits per heavy atom. The van der Waals surface area contributed by atoms with Gasteiger partial charge in [0.15, 0.2) is 0 Å². The Balaban J connectivity index is 1.64. The second-order valence-corrected chi connectivity index (χ2v) is 7.00. The van der Waals surface area contributed by atoms with Crippen molar-refractivity contribution in [2.24, 2.45) is 5.73 Å². The molecule has 5 atom stereocenters. The molecule has 4 rings (SSSR count). The Morgan fingerprint density at radius 3 is 2.81 bits per heavy atom. The fourth-order valence-corrected chi connectivity index (χ4v) is 4.82. The third-order valence-corrected chi connectivity index (χ3v) is 5.85. The number of hydrogen-bond acceptors (Lipinski definition) is 3. The SMILES string of the molecule is CC1CC(N2CCOC3CCCC32)C(N)c2ccccc21. The van der Waals surface area contributed by atoms with Crippen molar-refractivity contribution >= 4 is 0 Å². The van der Waals surface area contributed by atoms with Gasteiger partial charge in [-0.2, -0.15) is 0 Å². The summed E-state index contributed by atoms with van der Waals surface area (Å²) in [6, 6.07) is 9.99. The maximum Gasteiger partial charge on any atom is 0.0731 e. The lowest BCUT2D eigenvalue weighted by Gasteiger charge is -2.47. The van der Waals surface area contributed by atoms with Gasteiger partial charge in [-0.3, -0.25) is 4.90 Å². The molecule has 1 heterocycles. The number of morpholine rings is 1. The normalized spacial score (nSPS) is 39.8. The van der Waals surface area contributed by atoms with Gasteiger partial charge in [-0.25, -0.2) is 0 Å². The van der Waals surface area contributed by atoms with Gasteiger partial charge in [0.25, 0.3) is 0 Å². The van der Waals surface area contributed by atoms with Crippen LogP contribution in [0.3, 0.4) is 0 Å². The largest absolute Gasteiger partial charge is 0.375 e. The van der Waals surface area contributed by atoms with Gasteiger partial charge in [-0.1, -0.05) is 31.2 Å². The van der Waals surface area contributed by atoms with E-state index in [0.717, 1.165) is 13.2 Å². The highest BCUT2D eigenvalue weighted by atomic mass is 16.5. The van der Waals surface area contributed by atoms with Crippen molar-refractivity contribution in [3.05, 3.63) is 35.4 Å². The third-order valence-electron chi connectivity index (χ3n) is 5.85. The molecule has 21 heavy (non-hydrogen) atoms. The summed E-state index contributed by atoms with van der Waals surface area (Å²) in [6.45, 7) is 4.28. The number of hydrogen-bond donors (Lipinski definition) is 1. The quantitative estimate of drug-likeness (QED) is 0.863. The first kappa shape index (κ1) is 13.7. The fraction of sp³-hybridized carbons (Fsp3) is 0.667. The van der Waals surface area contributed by atoms with Gasteiger partial charge < -0.3 is 10.5 Å². The minimum absolute atomic E-state index is 0.150. The van der Waals surface area contributed by atoms with E-state index in [2.05, 4.69) is 36.1 Å². The van der Waals surface area contributed by atoms with E-state index in [-0.39, 0.29) is 6.04 Å². The highest BCUT2D eigenvalue weighted by molar-refractivity contribution is 5.36. The second kappa shape index (κ2) is 5.38. The van der Waals surface area contributed by atoms with E-state index in [0.29, 0.717) is 24.1 Å².